The molecular formula is C22H34O6. The maximum atomic E-state index is 12.5. The maximum Gasteiger partial charge on any atom is 0.303 e. The van der Waals surface area contributed by atoms with Crippen molar-refractivity contribution in [1.29, 1.82) is 0 Å². The van der Waals surface area contributed by atoms with Crippen LogP contribution in [0.15, 0.2) is 11.3 Å². The number of rotatable bonds is 6. The van der Waals surface area contributed by atoms with Crippen LogP contribution in [0.5, 0.6) is 0 Å². The summed E-state index contributed by atoms with van der Waals surface area (Å²) in [6.07, 6.45) is 2.09. The molecule has 1 saturated carbocycles. The molecule has 0 aliphatic heterocycles. The number of hydrogen-bond donors (Lipinski definition) is 2. The van der Waals surface area contributed by atoms with E-state index in [1.54, 1.807) is 6.92 Å². The molecule has 0 amide bonds. The van der Waals surface area contributed by atoms with Crippen LogP contribution in [0.1, 0.15) is 73.6 Å². The zero-order valence-corrected chi connectivity index (χ0v) is 17.9. The Morgan fingerprint density at radius 2 is 1.93 bits per heavy atom. The summed E-state index contributed by atoms with van der Waals surface area (Å²) >= 11 is 0. The van der Waals surface area contributed by atoms with Crippen LogP contribution in [0.3, 0.4) is 0 Å². The summed E-state index contributed by atoms with van der Waals surface area (Å²) in [5, 5.41) is 19.4. The number of aliphatic hydroxyl groups excluding tert-OH is 1. The molecule has 0 bridgehead atoms. The molecule has 0 aromatic carbocycles. The van der Waals surface area contributed by atoms with Crippen molar-refractivity contribution in [3.05, 3.63) is 11.3 Å². The summed E-state index contributed by atoms with van der Waals surface area (Å²) in [6.45, 7) is 11.4. The van der Waals surface area contributed by atoms with Gasteiger partial charge in [-0.05, 0) is 60.3 Å². The van der Waals surface area contributed by atoms with Crippen molar-refractivity contribution in [3.63, 3.8) is 0 Å². The zero-order chi connectivity index (χ0) is 21.4. The van der Waals surface area contributed by atoms with E-state index in [4.69, 9.17) is 9.84 Å². The highest BCUT2D eigenvalue weighted by molar-refractivity contribution is 5.95. The number of esters is 1. The first-order valence-corrected chi connectivity index (χ1v) is 10.2. The summed E-state index contributed by atoms with van der Waals surface area (Å²) in [7, 11) is 0. The third-order valence-electron chi connectivity index (χ3n) is 7.67. The van der Waals surface area contributed by atoms with E-state index in [1.807, 2.05) is 6.92 Å². The van der Waals surface area contributed by atoms with Gasteiger partial charge in [0.2, 0.25) is 0 Å². The molecule has 2 aliphatic carbocycles. The number of carboxylic acids is 1. The van der Waals surface area contributed by atoms with Gasteiger partial charge in [0.05, 0.1) is 0 Å². The summed E-state index contributed by atoms with van der Waals surface area (Å²) in [5.74, 6) is -1.49. The smallest absolute Gasteiger partial charge is 0.303 e. The number of Topliss-reactive ketones (excluding diaryl/α,β-unsaturated/α-hetero) is 1. The minimum absolute atomic E-state index is 0.00207. The van der Waals surface area contributed by atoms with E-state index < -0.39 is 11.4 Å². The molecule has 2 N–H and O–H groups in total. The Morgan fingerprint density at radius 3 is 2.46 bits per heavy atom. The lowest BCUT2D eigenvalue weighted by molar-refractivity contribution is -0.172. The molecule has 2 aliphatic rings. The van der Waals surface area contributed by atoms with Gasteiger partial charge in [-0.3, -0.25) is 14.4 Å². The van der Waals surface area contributed by atoms with E-state index >= 15 is 0 Å². The molecule has 0 spiro atoms. The summed E-state index contributed by atoms with van der Waals surface area (Å²) in [5.41, 5.74) is -0.102. The highest BCUT2D eigenvalue weighted by atomic mass is 16.5. The van der Waals surface area contributed by atoms with Crippen LogP contribution >= 0.6 is 0 Å². The second kappa shape index (κ2) is 7.88. The topological polar surface area (TPSA) is 101 Å². The van der Waals surface area contributed by atoms with Gasteiger partial charge in [0, 0.05) is 19.8 Å². The standard InChI is InChI=1S/C22H34O6/c1-12(9-19(25)26)7-8-21(5)13(2)17(28-15(4)23)11-22(6)14(3)20(27)16(24)10-18(21)22/h12-13,17-18,27H,7-11H2,1-6H3,(H,25,26)/t12?,13-,17+,18-,21+,22-/m1/s1. The number of aliphatic carboxylic acids is 1. The van der Waals surface area contributed by atoms with Crippen LogP contribution in [-0.2, 0) is 19.1 Å². The number of aliphatic hydroxyl groups is 1. The molecule has 0 aromatic heterocycles. The molecule has 0 radical (unpaired) electrons. The summed E-state index contributed by atoms with van der Waals surface area (Å²) < 4.78 is 5.67. The van der Waals surface area contributed by atoms with Gasteiger partial charge in [-0.2, -0.15) is 0 Å². The van der Waals surface area contributed by atoms with Crippen molar-refractivity contribution in [2.45, 2.75) is 79.8 Å². The second-order valence-electron chi connectivity index (χ2n) is 9.46. The van der Waals surface area contributed by atoms with Gasteiger partial charge in [-0.1, -0.05) is 27.7 Å². The van der Waals surface area contributed by atoms with Crippen molar-refractivity contribution in [3.8, 4) is 0 Å². The van der Waals surface area contributed by atoms with Crippen molar-refractivity contribution < 1.29 is 29.3 Å². The van der Waals surface area contributed by atoms with Crippen LogP contribution in [0, 0.1) is 28.6 Å². The summed E-state index contributed by atoms with van der Waals surface area (Å²) in [4.78, 5) is 35.2. The second-order valence-corrected chi connectivity index (χ2v) is 9.46. The van der Waals surface area contributed by atoms with Gasteiger partial charge in [0.25, 0.3) is 0 Å². The minimum atomic E-state index is -0.812. The first-order valence-electron chi connectivity index (χ1n) is 10.2. The number of hydrogen-bond acceptors (Lipinski definition) is 5. The minimum Gasteiger partial charge on any atom is -0.504 e. The van der Waals surface area contributed by atoms with Gasteiger partial charge in [-0.25, -0.2) is 0 Å². The Morgan fingerprint density at radius 1 is 1.32 bits per heavy atom. The Kier molecular flexibility index (Phi) is 6.31. The number of allylic oxidation sites excluding steroid dienone is 2. The molecule has 2 rings (SSSR count). The number of ether oxygens (including phenoxy) is 1. The fourth-order valence-electron chi connectivity index (χ4n) is 5.56. The monoisotopic (exact) mass is 394 g/mol. The van der Waals surface area contributed by atoms with E-state index in [0.29, 0.717) is 12.0 Å². The lowest BCUT2D eigenvalue weighted by atomic mass is 9.45. The predicted molar refractivity (Wildman–Crippen MR) is 105 cm³/mol. The van der Waals surface area contributed by atoms with E-state index in [0.717, 1.165) is 12.8 Å². The third kappa shape index (κ3) is 3.96. The number of carbonyl (C=O) groups is 3. The molecule has 6 nitrogen and oxygen atoms in total. The fourth-order valence-corrected chi connectivity index (χ4v) is 5.56. The van der Waals surface area contributed by atoms with E-state index in [-0.39, 0.29) is 59.6 Å². The third-order valence-corrected chi connectivity index (χ3v) is 7.67. The van der Waals surface area contributed by atoms with Crippen molar-refractivity contribution in [1.82, 2.24) is 0 Å². The highest BCUT2D eigenvalue weighted by Crippen LogP contribution is 2.62. The Hall–Kier alpha value is -1.85. The fraction of sp³-hybridized carbons (Fsp3) is 0.773. The van der Waals surface area contributed by atoms with Gasteiger partial charge in [-0.15, -0.1) is 0 Å². The van der Waals surface area contributed by atoms with Gasteiger partial charge >= 0.3 is 11.9 Å². The van der Waals surface area contributed by atoms with Crippen molar-refractivity contribution in [2.24, 2.45) is 28.6 Å². The number of ketones is 1. The molecule has 28 heavy (non-hydrogen) atoms. The first kappa shape index (κ1) is 22.4. The van der Waals surface area contributed by atoms with Gasteiger partial charge < -0.3 is 14.9 Å². The van der Waals surface area contributed by atoms with Crippen LogP contribution in [0.2, 0.25) is 0 Å². The van der Waals surface area contributed by atoms with Crippen LogP contribution < -0.4 is 0 Å². The van der Waals surface area contributed by atoms with Gasteiger partial charge in [0.1, 0.15) is 6.10 Å². The lowest BCUT2D eigenvalue weighted by Gasteiger charge is -2.59. The van der Waals surface area contributed by atoms with Gasteiger partial charge in [0.15, 0.2) is 11.5 Å². The molecule has 1 fully saturated rings. The van der Waals surface area contributed by atoms with Crippen molar-refractivity contribution >= 4 is 17.7 Å². The normalized spacial score (nSPS) is 36.6. The SMILES string of the molecule is CC(=O)O[C@H]1C[C@]2(C)C(C)=C(O)C(=O)C[C@@H]2[C@@](C)(CCC(C)CC(=O)O)[C@@H]1C. The molecule has 6 atom stereocenters. The highest BCUT2D eigenvalue weighted by Gasteiger charge is 2.59. The first-order chi connectivity index (χ1) is 12.8. The molecule has 0 aromatic rings. The summed E-state index contributed by atoms with van der Waals surface area (Å²) in [6, 6.07) is 0. The molecule has 0 saturated heterocycles. The van der Waals surface area contributed by atoms with Crippen LogP contribution in [0.4, 0.5) is 0 Å². The van der Waals surface area contributed by atoms with E-state index in [1.165, 1.54) is 6.92 Å². The molecule has 158 valence electrons. The Labute approximate surface area is 167 Å². The number of carboxylic acid groups (broad SMARTS) is 1. The molecule has 6 heteroatoms. The molecular weight excluding hydrogens is 360 g/mol. The van der Waals surface area contributed by atoms with Crippen LogP contribution in [0.25, 0.3) is 0 Å². The van der Waals surface area contributed by atoms with E-state index in [9.17, 15) is 19.5 Å². The number of carbonyl (C=O) groups excluding carboxylic acids is 2. The predicted octanol–water partition coefficient (Wildman–Crippen LogP) is 4.28. The molecule has 1 unspecified atom stereocenters. The molecule has 0 heterocycles. The Bertz CT molecular complexity index is 695. The van der Waals surface area contributed by atoms with Crippen LogP contribution in [-0.4, -0.2) is 34.0 Å². The zero-order valence-electron chi connectivity index (χ0n) is 17.9. The largest absolute Gasteiger partial charge is 0.504 e. The van der Waals surface area contributed by atoms with Crippen molar-refractivity contribution in [2.75, 3.05) is 0 Å². The average molecular weight is 395 g/mol. The van der Waals surface area contributed by atoms with E-state index in [2.05, 4.69) is 20.8 Å². The number of fused-ring (bicyclic) bond motifs is 1. The quantitative estimate of drug-likeness (QED) is 0.652. The average Bonchev–Trinajstić information content (AvgIpc) is 2.58. The Balaban J connectivity index is 2.43. The lowest BCUT2D eigenvalue weighted by Crippen LogP contribution is -2.57. The maximum absolute atomic E-state index is 12.5.